The Morgan fingerprint density at radius 3 is 2.43 bits per heavy atom. The van der Waals surface area contributed by atoms with Crippen molar-refractivity contribution in [3.8, 4) is 0 Å². The van der Waals surface area contributed by atoms with Gasteiger partial charge in [0.25, 0.3) is 0 Å². The first-order valence-corrected chi connectivity index (χ1v) is 6.91. The lowest BCUT2D eigenvalue weighted by Gasteiger charge is -2.25. The number of nitro groups is 1. The van der Waals surface area contributed by atoms with Crippen LogP contribution < -0.4 is 5.32 Å². The summed E-state index contributed by atoms with van der Waals surface area (Å²) in [6.45, 7) is 6.83. The van der Waals surface area contributed by atoms with Gasteiger partial charge in [-0.15, -0.1) is 0 Å². The Kier molecular flexibility index (Phi) is 5.42. The van der Waals surface area contributed by atoms with E-state index in [-0.39, 0.29) is 30.4 Å². The number of aryl methyl sites for hydroxylation is 1. The van der Waals surface area contributed by atoms with Crippen molar-refractivity contribution in [2.24, 2.45) is 0 Å². The Morgan fingerprint density at radius 1 is 1.43 bits per heavy atom. The quantitative estimate of drug-likeness (QED) is 0.578. The predicted octanol–water partition coefficient (Wildman–Crippen LogP) is 1.08. The van der Waals surface area contributed by atoms with Crippen molar-refractivity contribution < 1.29 is 14.8 Å². The van der Waals surface area contributed by atoms with Crippen LogP contribution in [0.4, 0.5) is 5.69 Å². The van der Waals surface area contributed by atoms with Crippen LogP contribution >= 0.6 is 0 Å². The second-order valence-corrected chi connectivity index (χ2v) is 5.14. The fraction of sp³-hybridized carbons (Fsp3) is 0.692. The monoisotopic (exact) mass is 298 g/mol. The Labute approximate surface area is 123 Å². The molecule has 0 fully saturated rings. The highest BCUT2D eigenvalue weighted by atomic mass is 16.6. The first kappa shape index (κ1) is 17.1. The maximum Gasteiger partial charge on any atom is 0.312 e. The highest BCUT2D eigenvalue weighted by molar-refractivity contribution is 5.75. The van der Waals surface area contributed by atoms with Gasteiger partial charge in [-0.25, -0.2) is 0 Å². The Morgan fingerprint density at radius 2 is 2.00 bits per heavy atom. The first-order chi connectivity index (χ1) is 9.74. The molecule has 1 heterocycles. The van der Waals surface area contributed by atoms with Crippen LogP contribution in [0.15, 0.2) is 0 Å². The summed E-state index contributed by atoms with van der Waals surface area (Å²) in [4.78, 5) is 22.3. The minimum atomic E-state index is -0.920. The van der Waals surface area contributed by atoms with Crippen LogP contribution in [-0.2, 0) is 11.3 Å². The third-order valence-corrected chi connectivity index (χ3v) is 3.75. The summed E-state index contributed by atoms with van der Waals surface area (Å²) in [5, 5.41) is 27.6. The Balaban J connectivity index is 2.72. The van der Waals surface area contributed by atoms with E-state index in [0.717, 1.165) is 0 Å². The summed E-state index contributed by atoms with van der Waals surface area (Å²) in [7, 11) is 0. The van der Waals surface area contributed by atoms with E-state index in [0.29, 0.717) is 18.5 Å². The lowest BCUT2D eigenvalue weighted by molar-refractivity contribution is -0.386. The van der Waals surface area contributed by atoms with Crippen LogP contribution in [-0.4, -0.2) is 37.9 Å². The van der Waals surface area contributed by atoms with Gasteiger partial charge in [-0.1, -0.05) is 13.8 Å². The van der Waals surface area contributed by atoms with E-state index in [4.69, 9.17) is 0 Å². The standard InChI is InChI=1S/C13H22N4O4/c1-5-13(19,6-2)8-14-11(18)7-16-10(4)12(17(20)21)9(3)15-16/h19H,5-8H2,1-4H3,(H,14,18). The molecular formula is C13H22N4O4. The van der Waals surface area contributed by atoms with Gasteiger partial charge in [0.15, 0.2) is 0 Å². The van der Waals surface area contributed by atoms with E-state index in [2.05, 4.69) is 10.4 Å². The van der Waals surface area contributed by atoms with Crippen LogP contribution in [0.2, 0.25) is 0 Å². The molecule has 0 spiro atoms. The number of hydrogen-bond acceptors (Lipinski definition) is 5. The van der Waals surface area contributed by atoms with Gasteiger partial charge >= 0.3 is 5.69 Å². The first-order valence-electron chi connectivity index (χ1n) is 6.91. The second-order valence-electron chi connectivity index (χ2n) is 5.14. The molecule has 0 saturated heterocycles. The molecule has 1 amide bonds. The van der Waals surface area contributed by atoms with Gasteiger partial charge in [-0.3, -0.25) is 19.6 Å². The molecule has 8 nitrogen and oxygen atoms in total. The molecule has 0 unspecified atom stereocenters. The van der Waals surface area contributed by atoms with E-state index in [9.17, 15) is 20.0 Å². The summed E-state index contributed by atoms with van der Waals surface area (Å²) in [6.07, 6.45) is 1.07. The minimum absolute atomic E-state index is 0.0681. The molecule has 2 N–H and O–H groups in total. The van der Waals surface area contributed by atoms with Gasteiger partial charge in [-0.2, -0.15) is 5.10 Å². The number of hydrogen-bond donors (Lipinski definition) is 2. The van der Waals surface area contributed by atoms with Gasteiger partial charge in [-0.05, 0) is 26.7 Å². The number of rotatable bonds is 7. The van der Waals surface area contributed by atoms with Crippen LogP contribution in [0, 0.1) is 24.0 Å². The van der Waals surface area contributed by atoms with Crippen LogP contribution in [0.3, 0.4) is 0 Å². The number of aliphatic hydroxyl groups is 1. The average Bonchev–Trinajstić information content (AvgIpc) is 2.70. The zero-order valence-electron chi connectivity index (χ0n) is 12.8. The molecule has 0 atom stereocenters. The van der Waals surface area contributed by atoms with Crippen molar-refractivity contribution >= 4 is 11.6 Å². The number of carbonyl (C=O) groups is 1. The molecule has 1 rings (SSSR count). The molecule has 0 saturated carbocycles. The normalized spacial score (nSPS) is 11.5. The zero-order chi connectivity index (χ0) is 16.2. The van der Waals surface area contributed by atoms with E-state index in [1.807, 2.05) is 13.8 Å². The van der Waals surface area contributed by atoms with Crippen LogP contribution in [0.25, 0.3) is 0 Å². The largest absolute Gasteiger partial charge is 0.388 e. The molecule has 8 heteroatoms. The van der Waals surface area contributed by atoms with Crippen molar-refractivity contribution in [3.63, 3.8) is 0 Å². The van der Waals surface area contributed by atoms with Gasteiger partial charge in [0.1, 0.15) is 17.9 Å². The molecular weight excluding hydrogens is 276 g/mol. The molecule has 1 aromatic heterocycles. The molecule has 0 aromatic carbocycles. The van der Waals surface area contributed by atoms with Crippen LogP contribution in [0.5, 0.6) is 0 Å². The number of carbonyl (C=O) groups excluding carboxylic acids is 1. The molecule has 0 aliphatic carbocycles. The lowest BCUT2D eigenvalue weighted by atomic mass is 9.98. The summed E-state index contributed by atoms with van der Waals surface area (Å²) >= 11 is 0. The van der Waals surface area contributed by atoms with Crippen LogP contribution in [0.1, 0.15) is 38.1 Å². The molecule has 0 radical (unpaired) electrons. The van der Waals surface area contributed by atoms with E-state index < -0.39 is 10.5 Å². The SMILES string of the molecule is CCC(O)(CC)CNC(=O)Cn1nc(C)c([N+](=O)[O-])c1C. The number of nitrogens with one attached hydrogen (secondary N) is 1. The Hall–Kier alpha value is -1.96. The number of amides is 1. The Bertz CT molecular complexity index is 535. The number of nitrogens with zero attached hydrogens (tertiary/aromatic N) is 3. The maximum atomic E-state index is 11.9. The van der Waals surface area contributed by atoms with Crippen molar-refractivity contribution in [2.45, 2.75) is 52.7 Å². The highest BCUT2D eigenvalue weighted by Gasteiger charge is 2.25. The summed E-state index contributed by atoms with van der Waals surface area (Å²) in [5.41, 5.74) is -0.365. The number of aromatic nitrogens is 2. The van der Waals surface area contributed by atoms with E-state index in [1.54, 1.807) is 6.92 Å². The molecule has 0 aliphatic heterocycles. The van der Waals surface area contributed by atoms with Gasteiger partial charge in [0.2, 0.25) is 5.91 Å². The molecule has 0 bridgehead atoms. The van der Waals surface area contributed by atoms with E-state index >= 15 is 0 Å². The lowest BCUT2D eigenvalue weighted by Crippen LogP contribution is -2.43. The van der Waals surface area contributed by atoms with Gasteiger partial charge in [0.05, 0.1) is 10.5 Å². The summed E-state index contributed by atoms with van der Waals surface area (Å²) in [5.74, 6) is -0.337. The van der Waals surface area contributed by atoms with Gasteiger partial charge < -0.3 is 10.4 Å². The smallest absolute Gasteiger partial charge is 0.312 e. The summed E-state index contributed by atoms with van der Waals surface area (Å²) < 4.78 is 1.31. The fourth-order valence-electron chi connectivity index (χ4n) is 2.06. The van der Waals surface area contributed by atoms with Crippen molar-refractivity contribution in [1.29, 1.82) is 0 Å². The molecule has 1 aromatic rings. The van der Waals surface area contributed by atoms with Gasteiger partial charge in [0, 0.05) is 6.54 Å². The molecule has 0 aliphatic rings. The molecule has 21 heavy (non-hydrogen) atoms. The minimum Gasteiger partial charge on any atom is -0.388 e. The molecule has 118 valence electrons. The summed E-state index contributed by atoms with van der Waals surface area (Å²) in [6, 6.07) is 0. The zero-order valence-corrected chi connectivity index (χ0v) is 12.8. The van der Waals surface area contributed by atoms with Crippen molar-refractivity contribution in [2.75, 3.05) is 6.54 Å². The van der Waals surface area contributed by atoms with E-state index in [1.165, 1.54) is 11.6 Å². The average molecular weight is 298 g/mol. The maximum absolute atomic E-state index is 11.9. The highest BCUT2D eigenvalue weighted by Crippen LogP contribution is 2.21. The third-order valence-electron chi connectivity index (χ3n) is 3.75. The second kappa shape index (κ2) is 6.66. The topological polar surface area (TPSA) is 110 Å². The third kappa shape index (κ3) is 4.01. The van der Waals surface area contributed by atoms with Crippen molar-refractivity contribution in [3.05, 3.63) is 21.5 Å². The fourth-order valence-corrected chi connectivity index (χ4v) is 2.06. The van der Waals surface area contributed by atoms with Crippen molar-refractivity contribution in [1.82, 2.24) is 15.1 Å². The predicted molar refractivity (Wildman–Crippen MR) is 76.9 cm³/mol.